The molecule has 0 fully saturated rings. The summed E-state index contributed by atoms with van der Waals surface area (Å²) >= 11 is 7.07. The van der Waals surface area contributed by atoms with Crippen LogP contribution in [0.4, 0.5) is 10.7 Å². The fourth-order valence-corrected chi connectivity index (χ4v) is 2.54. The van der Waals surface area contributed by atoms with Crippen molar-refractivity contribution in [3.63, 3.8) is 0 Å². The molecule has 2 rings (SSSR count). The number of aromatic nitrogens is 1. The minimum atomic E-state index is -1.04. The summed E-state index contributed by atoms with van der Waals surface area (Å²) in [5, 5.41) is 21.6. The first-order chi connectivity index (χ1) is 9.02. The molecule has 19 heavy (non-hydrogen) atoms. The van der Waals surface area contributed by atoms with Gasteiger partial charge in [-0.25, -0.2) is 4.79 Å². The highest BCUT2D eigenvalue weighted by molar-refractivity contribution is 7.10. The van der Waals surface area contributed by atoms with Crippen LogP contribution in [-0.2, 0) is 0 Å². The highest BCUT2D eigenvalue weighted by atomic mass is 35.5. The molecule has 0 spiro atoms. The van der Waals surface area contributed by atoms with Gasteiger partial charge < -0.3 is 10.4 Å². The average Bonchev–Trinajstić information content (AvgIpc) is 2.73. The number of halogens is 1. The van der Waals surface area contributed by atoms with Gasteiger partial charge >= 0.3 is 5.97 Å². The predicted molar refractivity (Wildman–Crippen MR) is 73.3 cm³/mol. The maximum absolute atomic E-state index is 11.1. The highest BCUT2D eigenvalue weighted by Crippen LogP contribution is 2.31. The molecule has 0 atom stereocenters. The van der Waals surface area contributed by atoms with Gasteiger partial charge in [0, 0.05) is 0 Å². The lowest BCUT2D eigenvalue weighted by Gasteiger charge is -2.07. The van der Waals surface area contributed by atoms with E-state index in [0.717, 1.165) is 11.5 Å². The van der Waals surface area contributed by atoms with Gasteiger partial charge in [0.25, 0.3) is 0 Å². The summed E-state index contributed by atoms with van der Waals surface area (Å²) in [6.07, 6.45) is 0. The molecule has 96 valence electrons. The number of aromatic carboxylic acids is 1. The molecule has 0 bridgehead atoms. The van der Waals surface area contributed by atoms with Crippen LogP contribution in [0.2, 0.25) is 5.02 Å². The molecule has 0 radical (unpaired) electrons. The highest BCUT2D eigenvalue weighted by Gasteiger charge is 2.18. The minimum absolute atomic E-state index is 0.130. The molecular weight excluding hydrogens is 286 g/mol. The maximum Gasteiger partial charge on any atom is 0.340 e. The van der Waals surface area contributed by atoms with Crippen molar-refractivity contribution in [2.24, 2.45) is 0 Å². The fraction of sp³-hybridized carbons (Fsp3) is 0.0833. The van der Waals surface area contributed by atoms with Gasteiger partial charge in [-0.1, -0.05) is 11.6 Å². The topological polar surface area (TPSA) is 86.0 Å². The van der Waals surface area contributed by atoms with E-state index in [1.165, 1.54) is 6.07 Å². The van der Waals surface area contributed by atoms with E-state index in [-0.39, 0.29) is 5.56 Å². The van der Waals surface area contributed by atoms with E-state index in [1.54, 1.807) is 19.1 Å². The molecule has 0 unspecified atom stereocenters. The fourth-order valence-electron chi connectivity index (χ4n) is 1.52. The normalized spacial score (nSPS) is 9.95. The summed E-state index contributed by atoms with van der Waals surface area (Å²) in [5.41, 5.74) is 1.55. The van der Waals surface area contributed by atoms with Crippen molar-refractivity contribution >= 4 is 39.8 Å². The first kappa shape index (κ1) is 13.3. The van der Waals surface area contributed by atoms with Crippen LogP contribution in [0.1, 0.15) is 21.6 Å². The second-order valence-corrected chi connectivity index (χ2v) is 4.89. The summed E-state index contributed by atoms with van der Waals surface area (Å²) in [4.78, 5) is 11.1. The number of hydrogen-bond donors (Lipinski definition) is 2. The summed E-state index contributed by atoms with van der Waals surface area (Å²) in [6.45, 7) is 1.63. The number of hydrogen-bond acceptors (Lipinski definition) is 5. The zero-order valence-corrected chi connectivity index (χ0v) is 11.3. The van der Waals surface area contributed by atoms with Crippen LogP contribution in [0.15, 0.2) is 18.2 Å². The molecule has 5 nitrogen and oxygen atoms in total. The molecule has 1 aromatic carbocycles. The average molecular weight is 294 g/mol. The molecule has 1 aromatic heterocycles. The lowest BCUT2D eigenvalue weighted by Crippen LogP contribution is -2.01. The molecule has 7 heteroatoms. The zero-order valence-electron chi connectivity index (χ0n) is 9.77. The number of nitriles is 1. The Hall–Kier alpha value is -2.10. The number of nitrogens with zero attached hydrogens (tertiary/aromatic N) is 2. The van der Waals surface area contributed by atoms with Gasteiger partial charge in [-0.15, -0.1) is 0 Å². The van der Waals surface area contributed by atoms with E-state index in [2.05, 4.69) is 9.69 Å². The Bertz CT molecular complexity index is 691. The Labute approximate surface area is 118 Å². The zero-order chi connectivity index (χ0) is 14.0. The van der Waals surface area contributed by atoms with Crippen molar-refractivity contribution in [2.75, 3.05) is 5.32 Å². The van der Waals surface area contributed by atoms with E-state index >= 15 is 0 Å². The Morgan fingerprint density at radius 1 is 1.58 bits per heavy atom. The monoisotopic (exact) mass is 293 g/mol. The first-order valence-electron chi connectivity index (χ1n) is 5.19. The molecule has 0 saturated carbocycles. The maximum atomic E-state index is 11.1. The molecule has 0 amide bonds. The number of aryl methyl sites for hydroxylation is 1. The predicted octanol–water partition coefficient (Wildman–Crippen LogP) is 3.42. The van der Waals surface area contributed by atoms with Crippen molar-refractivity contribution in [1.29, 1.82) is 5.26 Å². The molecule has 2 N–H and O–H groups in total. The van der Waals surface area contributed by atoms with E-state index < -0.39 is 5.97 Å². The third-order valence-corrected chi connectivity index (χ3v) is 3.59. The smallest absolute Gasteiger partial charge is 0.340 e. The van der Waals surface area contributed by atoms with Gasteiger partial charge in [0.1, 0.15) is 10.6 Å². The number of carboxylic acid groups (broad SMARTS) is 1. The van der Waals surface area contributed by atoms with E-state index in [4.69, 9.17) is 22.0 Å². The lowest BCUT2D eigenvalue weighted by atomic mass is 10.2. The molecule has 0 saturated heterocycles. The number of nitrogens with one attached hydrogen (secondary N) is 1. The van der Waals surface area contributed by atoms with Crippen LogP contribution in [0.3, 0.4) is 0 Å². The summed E-state index contributed by atoms with van der Waals surface area (Å²) in [6, 6.07) is 6.71. The van der Waals surface area contributed by atoms with Gasteiger partial charge in [0.05, 0.1) is 28.0 Å². The van der Waals surface area contributed by atoms with E-state index in [1.807, 2.05) is 6.07 Å². The molecular formula is C12H8ClN3O2S. The number of carboxylic acids is 1. The van der Waals surface area contributed by atoms with Gasteiger partial charge in [0.15, 0.2) is 0 Å². The van der Waals surface area contributed by atoms with Crippen molar-refractivity contribution in [1.82, 2.24) is 4.37 Å². The standard InChI is InChI=1S/C12H8ClN3O2S/c1-6-10(12(17)18)11(19-16-6)15-9-3-2-7(5-14)4-8(9)13/h2-4,15H,1H3,(H,17,18). The van der Waals surface area contributed by atoms with Crippen LogP contribution in [0.5, 0.6) is 0 Å². The first-order valence-corrected chi connectivity index (χ1v) is 6.34. The second-order valence-electron chi connectivity index (χ2n) is 3.71. The SMILES string of the molecule is Cc1nsc(Nc2ccc(C#N)cc2Cl)c1C(=O)O. The van der Waals surface area contributed by atoms with Gasteiger partial charge in [-0.2, -0.15) is 9.64 Å². The lowest BCUT2D eigenvalue weighted by molar-refractivity contribution is 0.0697. The number of benzene rings is 1. The van der Waals surface area contributed by atoms with Crippen molar-refractivity contribution in [3.8, 4) is 6.07 Å². The van der Waals surface area contributed by atoms with Crippen LogP contribution in [0.25, 0.3) is 0 Å². The number of rotatable bonds is 3. The third-order valence-electron chi connectivity index (χ3n) is 2.42. The Morgan fingerprint density at radius 2 is 2.32 bits per heavy atom. The van der Waals surface area contributed by atoms with Crippen LogP contribution >= 0.6 is 23.1 Å². The van der Waals surface area contributed by atoms with Crippen molar-refractivity contribution < 1.29 is 9.90 Å². The van der Waals surface area contributed by atoms with Gasteiger partial charge in [0.2, 0.25) is 0 Å². The van der Waals surface area contributed by atoms with E-state index in [9.17, 15) is 4.79 Å². The number of carbonyl (C=O) groups is 1. The molecule has 1 heterocycles. The van der Waals surface area contributed by atoms with Gasteiger partial charge in [-0.05, 0) is 36.7 Å². The largest absolute Gasteiger partial charge is 0.478 e. The quantitative estimate of drug-likeness (QED) is 0.905. The molecule has 0 aliphatic rings. The summed E-state index contributed by atoms with van der Waals surface area (Å²) in [5.74, 6) is -1.04. The van der Waals surface area contributed by atoms with Crippen LogP contribution in [-0.4, -0.2) is 15.4 Å². The van der Waals surface area contributed by atoms with Crippen molar-refractivity contribution in [2.45, 2.75) is 6.92 Å². The molecule has 0 aliphatic heterocycles. The summed E-state index contributed by atoms with van der Waals surface area (Å²) in [7, 11) is 0. The van der Waals surface area contributed by atoms with E-state index in [0.29, 0.717) is 27.0 Å². The molecule has 0 aliphatic carbocycles. The van der Waals surface area contributed by atoms with Crippen LogP contribution in [0, 0.1) is 18.3 Å². The Morgan fingerprint density at radius 3 is 2.89 bits per heavy atom. The molecule has 2 aromatic rings. The third kappa shape index (κ3) is 2.67. The van der Waals surface area contributed by atoms with Crippen LogP contribution < -0.4 is 5.32 Å². The van der Waals surface area contributed by atoms with Crippen molar-refractivity contribution in [3.05, 3.63) is 40.0 Å². The Kier molecular flexibility index (Phi) is 3.69. The summed E-state index contributed by atoms with van der Waals surface area (Å²) < 4.78 is 4.00. The number of anilines is 2. The van der Waals surface area contributed by atoms with Gasteiger partial charge in [-0.3, -0.25) is 0 Å². The minimum Gasteiger partial charge on any atom is -0.478 e. The second kappa shape index (κ2) is 5.26. The Balaban J connectivity index is 2.37.